The number of rotatable bonds is 3. The van der Waals surface area contributed by atoms with Crippen LogP contribution in [0.5, 0.6) is 0 Å². The SMILES string of the molecule is CC1=C(C(=O)OC2CCCCCC2)[C@H](c2ccccc2F)C2=C(CC(C)(C)CC2=O)N1. The molecule has 0 amide bonds. The molecule has 5 heteroatoms. The molecular weight excluding hydrogens is 393 g/mol. The lowest BCUT2D eigenvalue weighted by atomic mass is 9.68. The second-order valence-electron chi connectivity index (χ2n) is 9.97. The first kappa shape index (κ1) is 21.8. The molecule has 1 fully saturated rings. The number of dihydropyridines is 1. The molecule has 1 heterocycles. The number of Topliss-reactive ketones (excluding diaryl/α,β-unsaturated/α-hetero) is 1. The Kier molecular flexibility index (Phi) is 6.05. The van der Waals surface area contributed by atoms with Crippen LogP contribution in [0.1, 0.15) is 83.6 Å². The lowest BCUT2D eigenvalue weighted by molar-refractivity contribution is -0.145. The van der Waals surface area contributed by atoms with E-state index in [9.17, 15) is 14.0 Å². The third kappa shape index (κ3) is 4.46. The van der Waals surface area contributed by atoms with Crippen molar-refractivity contribution in [2.24, 2.45) is 5.41 Å². The molecule has 4 nitrogen and oxygen atoms in total. The van der Waals surface area contributed by atoms with Gasteiger partial charge in [-0.2, -0.15) is 0 Å². The van der Waals surface area contributed by atoms with Gasteiger partial charge in [-0.05, 0) is 50.5 Å². The fourth-order valence-electron chi connectivity index (χ4n) is 5.30. The summed E-state index contributed by atoms with van der Waals surface area (Å²) in [6, 6.07) is 6.44. The van der Waals surface area contributed by atoms with Gasteiger partial charge in [0.2, 0.25) is 0 Å². The minimum Gasteiger partial charge on any atom is -0.459 e. The molecule has 166 valence electrons. The van der Waals surface area contributed by atoms with Crippen molar-refractivity contribution in [1.82, 2.24) is 5.32 Å². The number of ketones is 1. The lowest BCUT2D eigenvalue weighted by Gasteiger charge is -2.39. The molecule has 1 aromatic carbocycles. The van der Waals surface area contributed by atoms with E-state index >= 15 is 0 Å². The summed E-state index contributed by atoms with van der Waals surface area (Å²) in [5.41, 5.74) is 2.51. The average molecular weight is 426 g/mol. The van der Waals surface area contributed by atoms with Crippen molar-refractivity contribution in [3.63, 3.8) is 0 Å². The number of halogens is 1. The molecule has 0 bridgehead atoms. The van der Waals surface area contributed by atoms with Crippen molar-refractivity contribution < 1.29 is 18.7 Å². The number of carbonyl (C=O) groups excluding carboxylic acids is 2. The molecule has 1 N–H and O–H groups in total. The minimum atomic E-state index is -0.737. The lowest BCUT2D eigenvalue weighted by Crippen LogP contribution is -2.39. The van der Waals surface area contributed by atoms with Crippen molar-refractivity contribution in [2.75, 3.05) is 0 Å². The van der Waals surface area contributed by atoms with Gasteiger partial charge in [-0.25, -0.2) is 9.18 Å². The van der Waals surface area contributed by atoms with Crippen LogP contribution in [0.4, 0.5) is 4.39 Å². The van der Waals surface area contributed by atoms with E-state index < -0.39 is 17.7 Å². The monoisotopic (exact) mass is 425 g/mol. The van der Waals surface area contributed by atoms with Crippen molar-refractivity contribution in [1.29, 1.82) is 0 Å². The summed E-state index contributed by atoms with van der Waals surface area (Å²) in [7, 11) is 0. The average Bonchev–Trinajstić information content (AvgIpc) is 2.95. The number of nitrogens with one attached hydrogen (secondary N) is 1. The van der Waals surface area contributed by atoms with Crippen LogP contribution in [0.2, 0.25) is 0 Å². The van der Waals surface area contributed by atoms with E-state index in [-0.39, 0.29) is 17.3 Å². The van der Waals surface area contributed by atoms with Gasteiger partial charge in [-0.3, -0.25) is 4.79 Å². The summed E-state index contributed by atoms with van der Waals surface area (Å²) in [6.45, 7) is 5.94. The molecule has 31 heavy (non-hydrogen) atoms. The van der Waals surface area contributed by atoms with Gasteiger partial charge in [0.05, 0.1) is 11.5 Å². The second kappa shape index (κ2) is 8.60. The molecule has 1 aliphatic heterocycles. The highest BCUT2D eigenvalue weighted by molar-refractivity contribution is 6.04. The van der Waals surface area contributed by atoms with Crippen LogP contribution in [-0.4, -0.2) is 17.9 Å². The summed E-state index contributed by atoms with van der Waals surface area (Å²) in [5.74, 6) is -1.61. The van der Waals surface area contributed by atoms with Gasteiger partial charge in [0.15, 0.2) is 5.78 Å². The highest BCUT2D eigenvalue weighted by atomic mass is 19.1. The largest absolute Gasteiger partial charge is 0.459 e. The van der Waals surface area contributed by atoms with Crippen molar-refractivity contribution in [3.8, 4) is 0 Å². The summed E-state index contributed by atoms with van der Waals surface area (Å²) in [4.78, 5) is 26.7. The Morgan fingerprint density at radius 2 is 1.77 bits per heavy atom. The topological polar surface area (TPSA) is 55.4 Å². The maximum atomic E-state index is 15.0. The van der Waals surface area contributed by atoms with Gasteiger partial charge in [-0.1, -0.05) is 44.9 Å². The molecule has 1 saturated carbocycles. The third-order valence-corrected chi connectivity index (χ3v) is 6.75. The molecule has 0 saturated heterocycles. The Labute approximate surface area is 183 Å². The molecule has 3 aliphatic rings. The second-order valence-corrected chi connectivity index (χ2v) is 9.97. The molecule has 2 aliphatic carbocycles. The summed E-state index contributed by atoms with van der Waals surface area (Å²) < 4.78 is 20.9. The van der Waals surface area contributed by atoms with E-state index in [4.69, 9.17) is 4.74 Å². The normalized spacial score (nSPS) is 24.4. The Bertz CT molecular complexity index is 951. The molecule has 0 radical (unpaired) electrons. The third-order valence-electron chi connectivity index (χ3n) is 6.75. The van der Waals surface area contributed by atoms with Crippen LogP contribution in [-0.2, 0) is 14.3 Å². The quantitative estimate of drug-likeness (QED) is 0.499. The van der Waals surface area contributed by atoms with E-state index in [1.807, 2.05) is 6.92 Å². The van der Waals surface area contributed by atoms with Gasteiger partial charge in [0, 0.05) is 29.0 Å². The van der Waals surface area contributed by atoms with Crippen LogP contribution in [0, 0.1) is 11.2 Å². The van der Waals surface area contributed by atoms with Crippen LogP contribution in [0.25, 0.3) is 0 Å². The summed E-state index contributed by atoms with van der Waals surface area (Å²) in [6.07, 6.45) is 7.08. The minimum absolute atomic E-state index is 0.0285. The molecule has 0 spiro atoms. The van der Waals surface area contributed by atoms with E-state index in [2.05, 4.69) is 19.2 Å². The van der Waals surface area contributed by atoms with Gasteiger partial charge in [0.1, 0.15) is 11.9 Å². The smallest absolute Gasteiger partial charge is 0.337 e. The highest BCUT2D eigenvalue weighted by Crippen LogP contribution is 2.47. The van der Waals surface area contributed by atoms with Crippen LogP contribution in [0.15, 0.2) is 46.8 Å². The predicted octanol–water partition coefficient (Wildman–Crippen LogP) is 5.70. The summed E-state index contributed by atoms with van der Waals surface area (Å²) >= 11 is 0. The Morgan fingerprint density at radius 1 is 1.10 bits per heavy atom. The van der Waals surface area contributed by atoms with Gasteiger partial charge < -0.3 is 10.1 Å². The zero-order chi connectivity index (χ0) is 22.2. The summed E-state index contributed by atoms with van der Waals surface area (Å²) in [5, 5.41) is 3.32. The van der Waals surface area contributed by atoms with Gasteiger partial charge in [-0.15, -0.1) is 0 Å². The Morgan fingerprint density at radius 3 is 2.45 bits per heavy atom. The molecule has 0 unspecified atom stereocenters. The van der Waals surface area contributed by atoms with Crippen molar-refractivity contribution >= 4 is 11.8 Å². The molecule has 0 aromatic heterocycles. The van der Waals surface area contributed by atoms with Crippen LogP contribution >= 0.6 is 0 Å². The van der Waals surface area contributed by atoms with E-state index in [0.717, 1.165) is 44.2 Å². The predicted molar refractivity (Wildman–Crippen MR) is 118 cm³/mol. The number of esters is 1. The fourth-order valence-corrected chi connectivity index (χ4v) is 5.30. The standard InChI is InChI=1S/C26H32FNO3/c1-16-22(25(30)31-17-10-6-4-5-7-11-17)23(18-12-8-9-13-19(18)27)24-20(28-16)14-26(2,3)15-21(24)29/h8-9,12-13,17,23,28H,4-7,10-11,14-15H2,1-3H3/t23-/m0/s1. The first-order valence-corrected chi connectivity index (χ1v) is 11.5. The first-order chi connectivity index (χ1) is 14.8. The number of hydrogen-bond acceptors (Lipinski definition) is 4. The number of carbonyl (C=O) groups is 2. The number of hydrogen-bond donors (Lipinski definition) is 1. The van der Waals surface area contributed by atoms with Crippen LogP contribution in [0.3, 0.4) is 0 Å². The van der Waals surface area contributed by atoms with Gasteiger partial charge >= 0.3 is 5.97 Å². The maximum Gasteiger partial charge on any atom is 0.337 e. The zero-order valence-corrected chi connectivity index (χ0v) is 18.7. The van der Waals surface area contributed by atoms with E-state index in [1.165, 1.54) is 6.07 Å². The number of ether oxygens (including phenoxy) is 1. The maximum absolute atomic E-state index is 15.0. The fraction of sp³-hybridized carbons (Fsp3) is 0.538. The molecule has 1 atom stereocenters. The van der Waals surface area contributed by atoms with Crippen molar-refractivity contribution in [2.45, 2.75) is 84.2 Å². The molecule has 4 rings (SSSR count). The molecular formula is C26H32FNO3. The Hall–Kier alpha value is -2.43. The van der Waals surface area contributed by atoms with Gasteiger partial charge in [0.25, 0.3) is 0 Å². The van der Waals surface area contributed by atoms with E-state index in [1.54, 1.807) is 18.2 Å². The molecule has 1 aromatic rings. The first-order valence-electron chi connectivity index (χ1n) is 11.5. The van der Waals surface area contributed by atoms with E-state index in [0.29, 0.717) is 35.2 Å². The number of benzene rings is 1. The zero-order valence-electron chi connectivity index (χ0n) is 18.7. The number of allylic oxidation sites excluding steroid dienone is 3. The Balaban J connectivity index is 1.75. The van der Waals surface area contributed by atoms with Crippen LogP contribution < -0.4 is 5.32 Å². The highest BCUT2D eigenvalue weighted by Gasteiger charge is 2.44. The van der Waals surface area contributed by atoms with Crippen molar-refractivity contribution in [3.05, 3.63) is 58.2 Å².